The third-order valence-electron chi connectivity index (χ3n) is 6.10. The number of carbonyl (C=O) groups excluding carboxylic acids is 1. The number of aliphatic hydroxyl groups is 1. The Morgan fingerprint density at radius 2 is 2.11 bits per heavy atom. The first-order valence-corrected chi connectivity index (χ1v) is 10.7. The number of nitrogens with zero attached hydrogens (tertiary/aromatic N) is 2. The highest BCUT2D eigenvalue weighted by atomic mass is 32.2. The summed E-state index contributed by atoms with van der Waals surface area (Å²) >= 11 is 1.59. The maximum Gasteiger partial charge on any atom is 0.353 e. The SMILES string of the molecule is CC1C(SC2CN[C@H](/C=C/N3CC=CC3)C2)=C(C(=O)O)N2C(=O)[C@H]([C@@H](C)O)C12. The third-order valence-corrected chi connectivity index (χ3v) is 7.62. The number of carbonyl (C=O) groups is 2. The second kappa shape index (κ2) is 7.57. The monoisotopic (exact) mass is 405 g/mol. The van der Waals surface area contributed by atoms with Gasteiger partial charge in [-0.1, -0.05) is 25.2 Å². The Kier molecular flexibility index (Phi) is 5.28. The van der Waals surface area contributed by atoms with Crippen LogP contribution in [-0.4, -0.2) is 75.0 Å². The molecule has 0 saturated carbocycles. The molecule has 0 aliphatic carbocycles. The van der Waals surface area contributed by atoms with Crippen molar-refractivity contribution in [1.29, 1.82) is 0 Å². The Balaban J connectivity index is 1.44. The second-order valence-electron chi connectivity index (χ2n) is 8.03. The van der Waals surface area contributed by atoms with Gasteiger partial charge in [0.1, 0.15) is 5.70 Å². The van der Waals surface area contributed by atoms with Crippen LogP contribution in [0.2, 0.25) is 0 Å². The Morgan fingerprint density at radius 3 is 2.75 bits per heavy atom. The van der Waals surface area contributed by atoms with Gasteiger partial charge in [-0.15, -0.1) is 11.8 Å². The van der Waals surface area contributed by atoms with Crippen LogP contribution in [0.3, 0.4) is 0 Å². The number of aliphatic hydroxyl groups excluding tert-OH is 1. The first-order valence-electron chi connectivity index (χ1n) is 9.84. The predicted octanol–water partition coefficient (Wildman–Crippen LogP) is 0.989. The fourth-order valence-electron chi connectivity index (χ4n) is 4.67. The van der Waals surface area contributed by atoms with Crippen LogP contribution in [0.25, 0.3) is 0 Å². The van der Waals surface area contributed by atoms with Gasteiger partial charge >= 0.3 is 5.97 Å². The molecule has 0 radical (unpaired) electrons. The molecule has 0 aromatic carbocycles. The molecule has 4 aliphatic heterocycles. The van der Waals surface area contributed by atoms with Gasteiger partial charge < -0.3 is 25.3 Å². The lowest BCUT2D eigenvalue weighted by atomic mass is 9.79. The summed E-state index contributed by atoms with van der Waals surface area (Å²) in [5, 5.41) is 23.4. The molecule has 2 saturated heterocycles. The summed E-state index contributed by atoms with van der Waals surface area (Å²) in [7, 11) is 0. The summed E-state index contributed by atoms with van der Waals surface area (Å²) in [5.41, 5.74) is 0.117. The van der Waals surface area contributed by atoms with Crippen LogP contribution in [0.4, 0.5) is 0 Å². The first kappa shape index (κ1) is 19.5. The highest BCUT2D eigenvalue weighted by Gasteiger charge is 2.60. The lowest BCUT2D eigenvalue weighted by Crippen LogP contribution is -2.63. The van der Waals surface area contributed by atoms with Crippen LogP contribution >= 0.6 is 11.8 Å². The Hall–Kier alpha value is -1.77. The Bertz CT molecular complexity index is 755. The molecule has 28 heavy (non-hydrogen) atoms. The number of hydrogen-bond acceptors (Lipinski definition) is 6. The van der Waals surface area contributed by atoms with Gasteiger partial charge in [0.25, 0.3) is 0 Å². The van der Waals surface area contributed by atoms with E-state index in [2.05, 4.69) is 34.6 Å². The molecular weight excluding hydrogens is 378 g/mol. The van der Waals surface area contributed by atoms with E-state index in [1.807, 2.05) is 6.92 Å². The van der Waals surface area contributed by atoms with Gasteiger partial charge in [0.2, 0.25) is 5.91 Å². The number of β-lactam (4-membered cyclic amide) rings is 1. The standard InChI is InChI=1S/C20H27N3O4S/c1-11-16-15(12(2)24)19(25)23(16)17(20(26)27)18(11)28-14-9-13(21-10-14)5-8-22-6-3-4-7-22/h3-5,8,11-16,21,24H,6-7,9-10H2,1-2H3,(H,26,27)/b8-5+/t11?,12-,13-,14?,15-,16?/m1/s1. The molecule has 152 valence electrons. The van der Waals surface area contributed by atoms with Gasteiger partial charge in [-0.2, -0.15) is 0 Å². The highest BCUT2D eigenvalue weighted by molar-refractivity contribution is 8.03. The van der Waals surface area contributed by atoms with E-state index in [9.17, 15) is 19.8 Å². The van der Waals surface area contributed by atoms with Crippen molar-refractivity contribution < 1.29 is 19.8 Å². The fraction of sp³-hybridized carbons (Fsp3) is 0.600. The van der Waals surface area contributed by atoms with Gasteiger partial charge in [0.05, 0.1) is 18.1 Å². The average molecular weight is 406 g/mol. The summed E-state index contributed by atoms with van der Waals surface area (Å²) in [5.74, 6) is -1.91. The van der Waals surface area contributed by atoms with Crippen molar-refractivity contribution in [2.24, 2.45) is 11.8 Å². The van der Waals surface area contributed by atoms with Gasteiger partial charge in [-0.05, 0) is 19.5 Å². The number of hydrogen-bond donors (Lipinski definition) is 3. The number of carboxylic acid groups (broad SMARTS) is 1. The van der Waals surface area contributed by atoms with E-state index in [1.54, 1.807) is 18.7 Å². The maximum absolute atomic E-state index is 12.4. The average Bonchev–Trinajstić information content (AvgIpc) is 3.34. The summed E-state index contributed by atoms with van der Waals surface area (Å²) in [6.07, 6.45) is 8.76. The molecule has 3 unspecified atom stereocenters. The molecule has 2 fully saturated rings. The minimum Gasteiger partial charge on any atom is -0.477 e. The second-order valence-corrected chi connectivity index (χ2v) is 9.37. The molecule has 4 aliphatic rings. The van der Waals surface area contributed by atoms with Crippen molar-refractivity contribution in [2.75, 3.05) is 19.6 Å². The Morgan fingerprint density at radius 1 is 1.39 bits per heavy atom. The number of carboxylic acids is 1. The van der Waals surface area contributed by atoms with Crippen LogP contribution in [0, 0.1) is 11.8 Å². The summed E-state index contributed by atoms with van der Waals surface area (Å²) in [4.78, 5) is 28.7. The van der Waals surface area contributed by atoms with Crippen LogP contribution in [0.5, 0.6) is 0 Å². The van der Waals surface area contributed by atoms with Crippen molar-refractivity contribution in [2.45, 2.75) is 43.7 Å². The molecule has 1 amide bonds. The van der Waals surface area contributed by atoms with E-state index in [1.165, 1.54) is 4.90 Å². The van der Waals surface area contributed by atoms with Crippen molar-refractivity contribution in [3.63, 3.8) is 0 Å². The molecule has 0 aromatic heterocycles. The number of rotatable bonds is 6. The third kappa shape index (κ3) is 3.27. The van der Waals surface area contributed by atoms with Crippen molar-refractivity contribution >= 4 is 23.6 Å². The van der Waals surface area contributed by atoms with Crippen molar-refractivity contribution in [3.05, 3.63) is 35.0 Å². The topological polar surface area (TPSA) is 93.1 Å². The number of nitrogens with one attached hydrogen (secondary N) is 1. The highest BCUT2D eigenvalue weighted by Crippen LogP contribution is 2.51. The fourth-order valence-corrected chi connectivity index (χ4v) is 6.16. The number of aliphatic carboxylic acids is 1. The largest absolute Gasteiger partial charge is 0.477 e. The van der Waals surface area contributed by atoms with Crippen LogP contribution in [0.1, 0.15) is 20.3 Å². The van der Waals surface area contributed by atoms with E-state index in [-0.39, 0.29) is 34.9 Å². The molecular formula is C20H27N3O4S. The number of amides is 1. The summed E-state index contributed by atoms with van der Waals surface area (Å²) in [6.45, 7) is 6.27. The molecule has 0 spiro atoms. The molecule has 4 heterocycles. The van der Waals surface area contributed by atoms with Gasteiger partial charge in [-0.25, -0.2) is 4.79 Å². The molecule has 8 heteroatoms. The van der Waals surface area contributed by atoms with E-state index < -0.39 is 18.0 Å². The van der Waals surface area contributed by atoms with E-state index in [0.29, 0.717) is 0 Å². The molecule has 4 rings (SSSR count). The van der Waals surface area contributed by atoms with Crippen molar-refractivity contribution in [3.8, 4) is 0 Å². The molecule has 6 atom stereocenters. The lowest BCUT2D eigenvalue weighted by Gasteiger charge is -2.46. The minimum absolute atomic E-state index is 0.0707. The minimum atomic E-state index is -1.06. The van der Waals surface area contributed by atoms with Gasteiger partial charge in [0, 0.05) is 41.7 Å². The van der Waals surface area contributed by atoms with Crippen molar-refractivity contribution in [1.82, 2.24) is 15.1 Å². The van der Waals surface area contributed by atoms with E-state index in [0.717, 1.165) is 31.0 Å². The maximum atomic E-state index is 12.4. The predicted molar refractivity (Wildman–Crippen MR) is 107 cm³/mol. The number of fused-ring (bicyclic) bond motifs is 1. The Labute approximate surface area is 169 Å². The summed E-state index contributed by atoms with van der Waals surface area (Å²) < 4.78 is 0. The zero-order valence-corrected chi connectivity index (χ0v) is 16.9. The molecule has 3 N–H and O–H groups in total. The van der Waals surface area contributed by atoms with Crippen LogP contribution in [0.15, 0.2) is 35.0 Å². The normalized spacial score (nSPS) is 35.8. The first-order chi connectivity index (χ1) is 13.4. The molecule has 0 bridgehead atoms. The molecule has 7 nitrogen and oxygen atoms in total. The zero-order chi connectivity index (χ0) is 20.0. The van der Waals surface area contributed by atoms with E-state index in [4.69, 9.17) is 0 Å². The van der Waals surface area contributed by atoms with Crippen LogP contribution < -0.4 is 5.32 Å². The van der Waals surface area contributed by atoms with Gasteiger partial charge in [-0.3, -0.25) is 4.79 Å². The number of thioether (sulfide) groups is 1. The van der Waals surface area contributed by atoms with Crippen LogP contribution in [-0.2, 0) is 9.59 Å². The summed E-state index contributed by atoms with van der Waals surface area (Å²) in [6, 6.07) is 0.0291. The lowest BCUT2D eigenvalue weighted by molar-refractivity contribution is -0.163. The quantitative estimate of drug-likeness (QED) is 0.448. The zero-order valence-electron chi connectivity index (χ0n) is 16.1. The van der Waals surface area contributed by atoms with Gasteiger partial charge in [0.15, 0.2) is 0 Å². The van der Waals surface area contributed by atoms with E-state index >= 15 is 0 Å². The smallest absolute Gasteiger partial charge is 0.353 e. The molecule has 0 aromatic rings.